The monoisotopic (exact) mass is 385 g/mol. The Hall–Kier alpha value is 2.02. The molecule has 1 saturated heterocycles. The van der Waals surface area contributed by atoms with Crippen molar-refractivity contribution in [1.82, 2.24) is 0 Å². The molecule has 4 aliphatic rings. The van der Waals surface area contributed by atoms with Gasteiger partial charge in [0.2, 0.25) is 0 Å². The van der Waals surface area contributed by atoms with Crippen LogP contribution in [-0.2, 0) is 11.4 Å². The first kappa shape index (κ1) is 13.7. The third-order valence-corrected chi connectivity index (χ3v) is 15.1. The predicted octanol–water partition coefficient (Wildman–Crippen LogP) is 4.97. The summed E-state index contributed by atoms with van der Waals surface area (Å²) in [5.41, 5.74) is 0. The van der Waals surface area contributed by atoms with Gasteiger partial charge in [0.25, 0.3) is 4.20 Å². The largest absolute Gasteiger partial charge is 0.263 e. The Morgan fingerprint density at radius 1 is 0.833 bits per heavy atom. The van der Waals surface area contributed by atoms with E-state index in [1.165, 1.54) is 23.0 Å². The number of thioether (sulfide) groups is 7. The Morgan fingerprint density at radius 3 is 2.33 bits per heavy atom. The maximum Gasteiger partial charge on any atom is 0.263 e. The van der Waals surface area contributed by atoms with E-state index in [9.17, 15) is 0 Å². The summed E-state index contributed by atoms with van der Waals surface area (Å²) in [5, 5.41) is 0. The van der Waals surface area contributed by atoms with Crippen molar-refractivity contribution in [2.75, 3.05) is 23.0 Å². The van der Waals surface area contributed by atoms with Gasteiger partial charge >= 0.3 is 0 Å². The molecule has 0 aliphatic carbocycles. The lowest BCUT2D eigenvalue weighted by Gasteiger charge is -2.08. The molecule has 8 heteroatoms. The maximum absolute atomic E-state index is 2.13. The lowest BCUT2D eigenvalue weighted by atomic mass is 10.9. The summed E-state index contributed by atoms with van der Waals surface area (Å²) in [5.74, 6) is 5.18. The molecular weight excluding hydrogens is 377 g/mol. The molecule has 18 heavy (non-hydrogen) atoms. The second-order valence-electron chi connectivity index (χ2n) is 3.64. The molecule has 1 unspecified atom stereocenters. The topological polar surface area (TPSA) is 0 Å². The Bertz CT molecular complexity index is 456. The van der Waals surface area contributed by atoms with Crippen molar-refractivity contribution in [2.45, 2.75) is 4.58 Å². The molecule has 96 valence electrons. The number of rotatable bonds is 0. The van der Waals surface area contributed by atoms with Gasteiger partial charge in [-0.15, -0.1) is 35.3 Å². The van der Waals surface area contributed by atoms with E-state index < -0.39 is 0 Å². The van der Waals surface area contributed by atoms with Crippen LogP contribution in [0.2, 0.25) is 0 Å². The summed E-state index contributed by atoms with van der Waals surface area (Å²) < 4.78 is 8.63. The van der Waals surface area contributed by atoms with Gasteiger partial charge in [-0.2, -0.15) is 0 Å². The smallest absolute Gasteiger partial charge is 0.131 e. The van der Waals surface area contributed by atoms with Crippen LogP contribution in [-0.4, -0.2) is 31.8 Å². The van der Waals surface area contributed by atoms with Crippen LogP contribution in [0, 0.1) is 0 Å². The zero-order valence-corrected chi connectivity index (χ0v) is 15.7. The maximum atomic E-state index is 2.13. The van der Waals surface area contributed by atoms with Crippen molar-refractivity contribution in [3.8, 4) is 0 Å². The molecule has 0 bridgehead atoms. The van der Waals surface area contributed by atoms with Crippen molar-refractivity contribution >= 4 is 97.9 Å². The first-order valence-corrected chi connectivity index (χ1v) is 12.8. The van der Waals surface area contributed by atoms with E-state index in [0.29, 0.717) is 0 Å². The van der Waals surface area contributed by atoms with Crippen molar-refractivity contribution in [3.05, 3.63) is 16.9 Å². The predicted molar refractivity (Wildman–Crippen MR) is 103 cm³/mol. The lowest BCUT2D eigenvalue weighted by Crippen LogP contribution is -2.13. The minimum absolute atomic E-state index is 0.718. The molecule has 1 atom stereocenters. The molecule has 4 heterocycles. The third kappa shape index (κ3) is 2.69. The first-order valence-electron chi connectivity index (χ1n) is 5.46. The van der Waals surface area contributed by atoms with Gasteiger partial charge in [-0.25, -0.2) is 0 Å². The number of hydrogen-bond acceptors (Lipinski definition) is 7. The molecule has 0 aromatic rings. The van der Waals surface area contributed by atoms with Gasteiger partial charge in [0.05, 0.1) is 16.9 Å². The minimum atomic E-state index is 0.718. The molecule has 0 aromatic carbocycles. The van der Waals surface area contributed by atoms with Gasteiger partial charge < -0.3 is 0 Å². The molecule has 0 amide bonds. The molecule has 4 aliphatic heterocycles. The van der Waals surface area contributed by atoms with E-state index in [2.05, 4.69) is 70.2 Å². The average molecular weight is 386 g/mol. The molecule has 0 saturated carbocycles. The van der Waals surface area contributed by atoms with Crippen LogP contribution >= 0.6 is 82.3 Å². The fraction of sp³-hybridized carbons (Fsp3) is 0.500. The van der Waals surface area contributed by atoms with E-state index >= 15 is 0 Å². The molecule has 1 fully saturated rings. The average Bonchev–Trinajstić information content (AvgIpc) is 3.02. The highest BCUT2D eigenvalue weighted by Crippen LogP contribution is 2.64. The minimum Gasteiger partial charge on any atom is -0.131 e. The van der Waals surface area contributed by atoms with Crippen molar-refractivity contribution in [1.29, 1.82) is 0 Å². The van der Waals surface area contributed by atoms with Crippen molar-refractivity contribution in [2.24, 2.45) is 0 Å². The summed E-state index contributed by atoms with van der Waals surface area (Å²) in [4.78, 5) is 0. The van der Waals surface area contributed by atoms with Crippen molar-refractivity contribution in [3.63, 3.8) is 0 Å². The van der Waals surface area contributed by atoms with Crippen molar-refractivity contribution < 1.29 is 0 Å². The van der Waals surface area contributed by atoms with Crippen LogP contribution in [0.5, 0.6) is 0 Å². The Kier molecular flexibility index (Phi) is 4.57. The number of hydrogen-bond donors (Lipinski definition) is 0. The van der Waals surface area contributed by atoms with E-state index in [-0.39, 0.29) is 0 Å². The molecule has 0 N–H and O–H groups in total. The SMILES string of the molecule is C1CSC2=C(S1)SC(=C1SC3=[S+]CCSC3S1)S2. The van der Waals surface area contributed by atoms with E-state index in [1.807, 2.05) is 23.5 Å². The highest BCUT2D eigenvalue weighted by molar-refractivity contribution is 8.47. The van der Waals surface area contributed by atoms with Gasteiger partial charge in [-0.1, -0.05) is 35.3 Å². The highest BCUT2D eigenvalue weighted by atomic mass is 32.3. The summed E-state index contributed by atoms with van der Waals surface area (Å²) in [7, 11) is 0. The summed E-state index contributed by atoms with van der Waals surface area (Å²) in [6, 6.07) is 0. The lowest BCUT2D eigenvalue weighted by molar-refractivity contribution is 1.54. The molecule has 0 spiro atoms. The summed E-state index contributed by atoms with van der Waals surface area (Å²) in [6.07, 6.45) is 0. The Morgan fingerprint density at radius 2 is 1.61 bits per heavy atom. The highest BCUT2D eigenvalue weighted by Gasteiger charge is 2.41. The Balaban J connectivity index is 1.56. The van der Waals surface area contributed by atoms with Gasteiger partial charge in [-0.05, 0) is 11.8 Å². The number of fused-ring (bicyclic) bond motifs is 1. The molecule has 4 rings (SSSR count). The van der Waals surface area contributed by atoms with E-state index in [1.54, 1.807) is 21.1 Å². The van der Waals surface area contributed by atoms with Crippen LogP contribution in [0.25, 0.3) is 0 Å². The second kappa shape index (κ2) is 6.02. The van der Waals surface area contributed by atoms with Gasteiger partial charge in [-0.3, -0.25) is 0 Å². The molecular formula is C10H9S8+. The summed E-state index contributed by atoms with van der Waals surface area (Å²) >= 11 is 16.5. The van der Waals surface area contributed by atoms with Crippen LogP contribution < -0.4 is 0 Å². The summed E-state index contributed by atoms with van der Waals surface area (Å²) in [6.45, 7) is 0. The zero-order valence-electron chi connectivity index (χ0n) is 9.17. The van der Waals surface area contributed by atoms with Crippen LogP contribution in [0.1, 0.15) is 0 Å². The molecule has 0 radical (unpaired) electrons. The second-order valence-corrected chi connectivity index (χ2v) is 14.0. The normalized spacial score (nSPS) is 31.6. The Labute approximate surface area is 141 Å². The fourth-order valence-corrected chi connectivity index (χ4v) is 14.6. The van der Waals surface area contributed by atoms with Gasteiger partial charge in [0, 0.05) is 17.3 Å². The zero-order chi connectivity index (χ0) is 11.9. The van der Waals surface area contributed by atoms with Gasteiger partial charge in [0.1, 0.15) is 4.58 Å². The molecule has 0 aromatic heterocycles. The standard InChI is InChI=1S/C10H9S8/c1-2-12-6-5(11-1)15-9(16-6)10-17-7-8(18-10)14-4-3-13-7/h5H,1-4H2/q+1. The van der Waals surface area contributed by atoms with Crippen LogP contribution in [0.4, 0.5) is 0 Å². The van der Waals surface area contributed by atoms with E-state index in [4.69, 9.17) is 0 Å². The van der Waals surface area contributed by atoms with Crippen LogP contribution in [0.15, 0.2) is 16.9 Å². The van der Waals surface area contributed by atoms with E-state index in [0.717, 1.165) is 4.58 Å². The van der Waals surface area contributed by atoms with Crippen LogP contribution in [0.3, 0.4) is 0 Å². The van der Waals surface area contributed by atoms with Gasteiger partial charge in [0.15, 0.2) is 17.1 Å². The third-order valence-electron chi connectivity index (χ3n) is 2.45. The molecule has 0 nitrogen and oxygen atoms in total. The quantitative estimate of drug-likeness (QED) is 0.421. The first-order chi connectivity index (χ1) is 8.90. The fourth-order valence-electron chi connectivity index (χ4n) is 1.70.